The number of amides is 1. The molecule has 3 aromatic rings. The van der Waals surface area contributed by atoms with Gasteiger partial charge in [0.2, 0.25) is 0 Å². The third-order valence-electron chi connectivity index (χ3n) is 7.51. The molecule has 1 aliphatic heterocycles. The molecule has 2 N–H and O–H groups in total. The Morgan fingerprint density at radius 1 is 1.28 bits per heavy atom. The molecule has 39 heavy (non-hydrogen) atoms. The number of nitrogens with one attached hydrogen (secondary N) is 2. The molecule has 3 atom stereocenters. The third-order valence-corrected chi connectivity index (χ3v) is 9.66. The average Bonchev–Trinajstić information content (AvgIpc) is 3.59. The zero-order valence-electron chi connectivity index (χ0n) is 22.1. The lowest BCUT2D eigenvalue weighted by Crippen LogP contribution is -2.35. The molecule has 0 bridgehead atoms. The molecular formula is C27H31F3N4O3S2. The second kappa shape index (κ2) is 10.3. The van der Waals surface area contributed by atoms with Crippen LogP contribution in [0.2, 0.25) is 0 Å². The fourth-order valence-electron chi connectivity index (χ4n) is 5.36. The van der Waals surface area contributed by atoms with Gasteiger partial charge in [-0.1, -0.05) is 26.8 Å². The van der Waals surface area contributed by atoms with Gasteiger partial charge in [-0.2, -0.15) is 18.3 Å². The van der Waals surface area contributed by atoms with E-state index in [0.717, 1.165) is 32.8 Å². The number of aromatic nitrogens is 2. The van der Waals surface area contributed by atoms with E-state index in [9.17, 15) is 22.8 Å². The lowest BCUT2D eigenvalue weighted by Gasteiger charge is -2.33. The van der Waals surface area contributed by atoms with Crippen LogP contribution in [0.4, 0.5) is 24.0 Å². The number of hydrogen-bond donors (Lipinski definition) is 2. The SMILES string of the molecule is CCOC(=O)c1c(NC(=O)c2cc3n(n2)[C@@H](C(F)(F)F)C[C@@H](c2cccs2)N3)sc2c1CC[C@@H](C(C)(C)C)C2. The van der Waals surface area contributed by atoms with E-state index in [1.54, 1.807) is 19.1 Å². The van der Waals surface area contributed by atoms with Crippen LogP contribution in [0, 0.1) is 11.3 Å². The largest absolute Gasteiger partial charge is 0.462 e. The number of thiophene rings is 2. The van der Waals surface area contributed by atoms with Crippen molar-refractivity contribution in [3.63, 3.8) is 0 Å². The zero-order valence-corrected chi connectivity index (χ0v) is 23.8. The van der Waals surface area contributed by atoms with Crippen molar-refractivity contribution >= 4 is 45.4 Å². The van der Waals surface area contributed by atoms with Crippen LogP contribution in [0.3, 0.4) is 0 Å². The van der Waals surface area contributed by atoms with Crippen LogP contribution in [0.5, 0.6) is 0 Å². The van der Waals surface area contributed by atoms with Gasteiger partial charge >= 0.3 is 12.1 Å². The maximum atomic E-state index is 14.0. The first kappa shape index (κ1) is 27.7. The zero-order chi connectivity index (χ0) is 28.1. The summed E-state index contributed by atoms with van der Waals surface area (Å²) in [5.74, 6) is -0.648. The Labute approximate surface area is 232 Å². The minimum Gasteiger partial charge on any atom is -0.462 e. The number of halogens is 3. The Hall–Kier alpha value is -2.86. The monoisotopic (exact) mass is 580 g/mol. The molecule has 0 unspecified atom stereocenters. The number of rotatable bonds is 5. The summed E-state index contributed by atoms with van der Waals surface area (Å²) in [6.45, 7) is 8.48. The molecule has 5 rings (SSSR count). The van der Waals surface area contributed by atoms with Gasteiger partial charge in [0.15, 0.2) is 11.7 Å². The van der Waals surface area contributed by atoms with Gasteiger partial charge in [0.25, 0.3) is 5.91 Å². The fourth-order valence-corrected chi connectivity index (χ4v) is 7.46. The predicted molar refractivity (Wildman–Crippen MR) is 146 cm³/mol. The fraction of sp³-hybridized carbons (Fsp3) is 0.519. The van der Waals surface area contributed by atoms with Crippen molar-refractivity contribution in [3.05, 3.63) is 50.2 Å². The molecule has 1 amide bonds. The van der Waals surface area contributed by atoms with Gasteiger partial charge < -0.3 is 15.4 Å². The van der Waals surface area contributed by atoms with Crippen LogP contribution in [-0.4, -0.2) is 34.4 Å². The number of hydrogen-bond acceptors (Lipinski definition) is 7. The van der Waals surface area contributed by atoms with E-state index >= 15 is 0 Å². The molecule has 1 aliphatic carbocycles. The molecule has 0 fully saturated rings. The number of alkyl halides is 3. The van der Waals surface area contributed by atoms with Crippen molar-refractivity contribution in [1.29, 1.82) is 0 Å². The number of carbonyl (C=O) groups excluding carboxylic acids is 2. The van der Waals surface area contributed by atoms with Crippen molar-refractivity contribution in [2.75, 3.05) is 17.2 Å². The summed E-state index contributed by atoms with van der Waals surface area (Å²) in [4.78, 5) is 28.1. The lowest BCUT2D eigenvalue weighted by molar-refractivity contribution is -0.173. The summed E-state index contributed by atoms with van der Waals surface area (Å²) in [6, 6.07) is 2.49. The Balaban J connectivity index is 1.45. The smallest absolute Gasteiger partial charge is 0.410 e. The Kier molecular flexibility index (Phi) is 7.30. The molecule has 3 aromatic heterocycles. The molecule has 0 aromatic carbocycles. The van der Waals surface area contributed by atoms with Crippen LogP contribution < -0.4 is 10.6 Å². The van der Waals surface area contributed by atoms with E-state index in [-0.39, 0.29) is 30.0 Å². The highest BCUT2D eigenvalue weighted by Crippen LogP contribution is 2.46. The highest BCUT2D eigenvalue weighted by molar-refractivity contribution is 7.17. The molecule has 0 saturated heterocycles. The third kappa shape index (κ3) is 5.45. The number of anilines is 2. The second-order valence-corrected chi connectivity index (χ2v) is 13.1. The van der Waals surface area contributed by atoms with E-state index in [0.29, 0.717) is 22.9 Å². The predicted octanol–water partition coefficient (Wildman–Crippen LogP) is 7.25. The highest BCUT2D eigenvalue weighted by atomic mass is 32.1. The number of nitrogens with zero attached hydrogens (tertiary/aromatic N) is 2. The summed E-state index contributed by atoms with van der Waals surface area (Å²) in [5.41, 5.74) is 1.15. The van der Waals surface area contributed by atoms with Crippen LogP contribution in [-0.2, 0) is 17.6 Å². The first-order chi connectivity index (χ1) is 18.4. The Bertz CT molecular complexity index is 1370. The van der Waals surface area contributed by atoms with Crippen molar-refractivity contribution in [2.24, 2.45) is 11.3 Å². The van der Waals surface area contributed by atoms with E-state index in [1.165, 1.54) is 28.7 Å². The molecule has 0 spiro atoms. The summed E-state index contributed by atoms with van der Waals surface area (Å²) in [5, 5.41) is 12.1. The van der Waals surface area contributed by atoms with Gasteiger partial charge in [-0.05, 0) is 54.5 Å². The first-order valence-corrected chi connectivity index (χ1v) is 14.7. The summed E-state index contributed by atoms with van der Waals surface area (Å²) < 4.78 is 48.2. The van der Waals surface area contributed by atoms with Crippen LogP contribution in [0.1, 0.15) is 88.8 Å². The van der Waals surface area contributed by atoms with Crippen LogP contribution in [0.15, 0.2) is 23.6 Å². The van der Waals surface area contributed by atoms with E-state index in [4.69, 9.17) is 4.74 Å². The molecular weight excluding hydrogens is 549 g/mol. The van der Waals surface area contributed by atoms with Crippen LogP contribution in [0.25, 0.3) is 0 Å². The maximum Gasteiger partial charge on any atom is 0.410 e. The summed E-state index contributed by atoms with van der Waals surface area (Å²) >= 11 is 2.71. The highest BCUT2D eigenvalue weighted by Gasteiger charge is 2.47. The number of fused-ring (bicyclic) bond motifs is 2. The normalized spacial score (nSPS) is 21.1. The molecule has 210 valence electrons. The number of ether oxygens (including phenoxy) is 1. The van der Waals surface area contributed by atoms with Crippen molar-refractivity contribution in [3.8, 4) is 0 Å². The maximum absolute atomic E-state index is 14.0. The molecule has 4 heterocycles. The Morgan fingerprint density at radius 3 is 2.69 bits per heavy atom. The van der Waals surface area contributed by atoms with Crippen molar-refractivity contribution in [1.82, 2.24) is 9.78 Å². The van der Waals surface area contributed by atoms with Crippen LogP contribution >= 0.6 is 22.7 Å². The van der Waals surface area contributed by atoms with E-state index in [1.807, 2.05) is 5.38 Å². The van der Waals surface area contributed by atoms with Gasteiger partial charge in [-0.3, -0.25) is 4.79 Å². The minimum absolute atomic E-state index is 0.0910. The standard InChI is InChI=1S/C27H31F3N4O3S2/c1-5-37-25(36)22-15-9-8-14(26(2,3)4)11-19(15)39-24(22)32-23(35)17-13-21-31-16(18-7-6-10-38-18)12-20(27(28,29)30)34(21)33-17/h6-7,10,13-14,16,20,31H,5,8-9,11-12H2,1-4H3,(H,32,35)/t14-,16+,20-/m1/s1. The van der Waals surface area contributed by atoms with Crippen molar-refractivity contribution in [2.45, 2.75) is 71.6 Å². The molecule has 12 heteroatoms. The molecule has 2 aliphatic rings. The lowest BCUT2D eigenvalue weighted by atomic mass is 9.72. The summed E-state index contributed by atoms with van der Waals surface area (Å²) in [7, 11) is 0. The summed E-state index contributed by atoms with van der Waals surface area (Å²) in [6.07, 6.45) is -2.39. The topological polar surface area (TPSA) is 85.2 Å². The molecule has 7 nitrogen and oxygen atoms in total. The number of carbonyl (C=O) groups is 2. The molecule has 0 saturated carbocycles. The average molecular weight is 581 g/mol. The minimum atomic E-state index is -4.54. The second-order valence-electron chi connectivity index (χ2n) is 11.1. The Morgan fingerprint density at radius 2 is 2.05 bits per heavy atom. The van der Waals surface area contributed by atoms with Gasteiger partial charge in [-0.15, -0.1) is 22.7 Å². The molecule has 0 radical (unpaired) electrons. The first-order valence-electron chi connectivity index (χ1n) is 13.0. The van der Waals surface area contributed by atoms with Gasteiger partial charge in [-0.25, -0.2) is 9.48 Å². The van der Waals surface area contributed by atoms with E-state index < -0.39 is 30.1 Å². The van der Waals surface area contributed by atoms with Gasteiger partial charge in [0.1, 0.15) is 10.8 Å². The van der Waals surface area contributed by atoms with Gasteiger partial charge in [0.05, 0.1) is 18.2 Å². The van der Waals surface area contributed by atoms with Gasteiger partial charge in [0, 0.05) is 22.2 Å². The quantitative estimate of drug-likeness (QED) is 0.311. The van der Waals surface area contributed by atoms with E-state index in [2.05, 4.69) is 36.5 Å². The van der Waals surface area contributed by atoms with Crippen molar-refractivity contribution < 1.29 is 27.5 Å². The number of esters is 1.